The van der Waals surface area contributed by atoms with Crippen LogP contribution in [-0.4, -0.2) is 65.0 Å². The molecule has 25 heavy (non-hydrogen) atoms. The molecule has 1 aliphatic carbocycles. The van der Waals surface area contributed by atoms with Crippen LogP contribution in [0.4, 0.5) is 0 Å². The Kier molecular flexibility index (Phi) is 5.12. The molecule has 2 fully saturated rings. The molecule has 0 bridgehead atoms. The number of rotatable bonds is 6. The molecule has 8 heteroatoms. The molecule has 0 aromatic carbocycles. The van der Waals surface area contributed by atoms with Gasteiger partial charge in [-0.2, -0.15) is 0 Å². The number of hydrogen-bond acceptors (Lipinski definition) is 6. The Morgan fingerprint density at radius 2 is 2.20 bits per heavy atom. The van der Waals surface area contributed by atoms with Crippen molar-refractivity contribution < 1.29 is 33.7 Å². The van der Waals surface area contributed by atoms with Gasteiger partial charge < -0.3 is 29.0 Å². The zero-order valence-corrected chi connectivity index (χ0v) is 14.1. The van der Waals surface area contributed by atoms with Crippen LogP contribution in [-0.2, 0) is 20.9 Å². The van der Waals surface area contributed by atoms with Gasteiger partial charge in [0.2, 0.25) is 0 Å². The number of ether oxygens (including phenoxy) is 2. The third-order valence-corrected chi connectivity index (χ3v) is 5.27. The number of amides is 1. The van der Waals surface area contributed by atoms with E-state index in [1.54, 1.807) is 24.1 Å². The van der Waals surface area contributed by atoms with Crippen LogP contribution in [0.1, 0.15) is 42.0 Å². The van der Waals surface area contributed by atoms with E-state index in [1.165, 1.54) is 0 Å². The van der Waals surface area contributed by atoms with Gasteiger partial charge in [-0.15, -0.1) is 0 Å². The molecule has 8 nitrogen and oxygen atoms in total. The van der Waals surface area contributed by atoms with Crippen LogP contribution in [0, 0.1) is 0 Å². The van der Waals surface area contributed by atoms with Crippen LogP contribution in [0.3, 0.4) is 0 Å². The number of carboxylic acids is 1. The van der Waals surface area contributed by atoms with E-state index in [0.717, 1.165) is 6.42 Å². The SMILES string of the molecule is CO[C@]12CC[C@H](OCC(=O)O)C[C@H]1N(C(=O)c1ccc(CO)o1)CC2. The Morgan fingerprint density at radius 3 is 2.84 bits per heavy atom. The van der Waals surface area contributed by atoms with Gasteiger partial charge in [0, 0.05) is 13.7 Å². The van der Waals surface area contributed by atoms with Gasteiger partial charge >= 0.3 is 5.97 Å². The zero-order valence-electron chi connectivity index (χ0n) is 14.1. The first-order chi connectivity index (χ1) is 12.0. The summed E-state index contributed by atoms with van der Waals surface area (Å²) < 4.78 is 16.6. The summed E-state index contributed by atoms with van der Waals surface area (Å²) in [5.41, 5.74) is -0.425. The number of nitrogens with zero attached hydrogens (tertiary/aromatic N) is 1. The first-order valence-electron chi connectivity index (χ1n) is 8.38. The second-order valence-electron chi connectivity index (χ2n) is 6.56. The van der Waals surface area contributed by atoms with Gasteiger partial charge in [-0.3, -0.25) is 4.79 Å². The number of carboxylic acid groups (broad SMARTS) is 1. The molecule has 0 radical (unpaired) electrons. The summed E-state index contributed by atoms with van der Waals surface area (Å²) in [6.45, 7) is -0.0642. The lowest BCUT2D eigenvalue weighted by Crippen LogP contribution is -2.53. The molecule has 0 spiro atoms. The Bertz CT molecular complexity index is 643. The lowest BCUT2D eigenvalue weighted by Gasteiger charge is -2.43. The van der Waals surface area contributed by atoms with E-state index < -0.39 is 11.6 Å². The third kappa shape index (κ3) is 3.42. The Morgan fingerprint density at radius 1 is 1.40 bits per heavy atom. The first-order valence-corrected chi connectivity index (χ1v) is 8.38. The van der Waals surface area contributed by atoms with E-state index in [4.69, 9.17) is 24.1 Å². The molecule has 1 aliphatic heterocycles. The normalized spacial score (nSPS) is 28.8. The number of methoxy groups -OCH3 is 1. The molecule has 0 unspecified atom stereocenters. The van der Waals surface area contributed by atoms with Crippen LogP contribution in [0.2, 0.25) is 0 Å². The molecule has 2 heterocycles. The van der Waals surface area contributed by atoms with Gasteiger partial charge in [0.05, 0.1) is 17.7 Å². The highest BCUT2D eigenvalue weighted by Crippen LogP contribution is 2.43. The molecule has 1 saturated carbocycles. The second-order valence-corrected chi connectivity index (χ2v) is 6.56. The van der Waals surface area contributed by atoms with Crippen molar-refractivity contribution in [3.8, 4) is 0 Å². The van der Waals surface area contributed by atoms with E-state index in [1.807, 2.05) is 0 Å². The summed E-state index contributed by atoms with van der Waals surface area (Å²) in [4.78, 5) is 25.3. The van der Waals surface area contributed by atoms with Crippen molar-refractivity contribution >= 4 is 11.9 Å². The minimum Gasteiger partial charge on any atom is -0.480 e. The number of aliphatic hydroxyl groups excluding tert-OH is 1. The lowest BCUT2D eigenvalue weighted by molar-refractivity contribution is -0.148. The quantitative estimate of drug-likeness (QED) is 0.786. The number of carbonyl (C=O) groups is 2. The summed E-state index contributed by atoms with van der Waals surface area (Å²) >= 11 is 0. The summed E-state index contributed by atoms with van der Waals surface area (Å²) in [5, 5.41) is 17.9. The highest BCUT2D eigenvalue weighted by Gasteiger charge is 2.53. The molecule has 138 valence electrons. The molecule has 2 aliphatic rings. The minimum atomic E-state index is -1.00. The maximum atomic E-state index is 12.8. The highest BCUT2D eigenvalue weighted by molar-refractivity contribution is 5.92. The number of furan rings is 1. The van der Waals surface area contributed by atoms with E-state index in [0.29, 0.717) is 31.6 Å². The van der Waals surface area contributed by atoms with Crippen LogP contribution < -0.4 is 0 Å². The molecule has 1 amide bonds. The van der Waals surface area contributed by atoms with Gasteiger partial charge in [-0.25, -0.2) is 4.79 Å². The predicted octanol–water partition coefficient (Wildman–Crippen LogP) is 1.03. The van der Waals surface area contributed by atoms with Crippen molar-refractivity contribution in [2.24, 2.45) is 0 Å². The number of aliphatic carboxylic acids is 1. The Balaban J connectivity index is 1.76. The smallest absolute Gasteiger partial charge is 0.329 e. The zero-order chi connectivity index (χ0) is 18.0. The van der Waals surface area contributed by atoms with E-state index >= 15 is 0 Å². The fourth-order valence-corrected chi connectivity index (χ4v) is 3.97. The molecule has 1 saturated heterocycles. The second kappa shape index (κ2) is 7.15. The summed E-state index contributed by atoms with van der Waals surface area (Å²) in [6.07, 6.45) is 2.44. The number of aliphatic hydroxyl groups is 1. The van der Waals surface area contributed by atoms with Gasteiger partial charge in [-0.05, 0) is 37.8 Å². The van der Waals surface area contributed by atoms with Crippen molar-refractivity contribution in [3.63, 3.8) is 0 Å². The summed E-state index contributed by atoms with van der Waals surface area (Å²) in [7, 11) is 1.65. The van der Waals surface area contributed by atoms with Crippen molar-refractivity contribution in [1.82, 2.24) is 4.90 Å². The number of carbonyl (C=O) groups excluding carboxylic acids is 1. The van der Waals surface area contributed by atoms with Crippen molar-refractivity contribution in [2.45, 2.75) is 50.0 Å². The van der Waals surface area contributed by atoms with Crippen LogP contribution >= 0.6 is 0 Å². The molecule has 3 atom stereocenters. The Labute approximate surface area is 145 Å². The monoisotopic (exact) mass is 353 g/mol. The summed E-state index contributed by atoms with van der Waals surface area (Å²) in [6, 6.07) is 2.94. The number of fused-ring (bicyclic) bond motifs is 1. The van der Waals surface area contributed by atoms with Crippen molar-refractivity contribution in [2.75, 3.05) is 20.3 Å². The minimum absolute atomic E-state index is 0.185. The largest absolute Gasteiger partial charge is 0.480 e. The molecular formula is C17H23NO7. The average molecular weight is 353 g/mol. The third-order valence-electron chi connectivity index (χ3n) is 5.27. The number of hydrogen-bond donors (Lipinski definition) is 2. The molecular weight excluding hydrogens is 330 g/mol. The van der Waals surface area contributed by atoms with E-state index in [-0.39, 0.29) is 37.0 Å². The maximum absolute atomic E-state index is 12.8. The first kappa shape index (κ1) is 17.9. The van der Waals surface area contributed by atoms with Gasteiger partial charge in [0.15, 0.2) is 5.76 Å². The maximum Gasteiger partial charge on any atom is 0.329 e. The topological polar surface area (TPSA) is 109 Å². The number of likely N-dealkylation sites (tertiary alicyclic amines) is 1. The highest BCUT2D eigenvalue weighted by atomic mass is 16.5. The van der Waals surface area contributed by atoms with Crippen LogP contribution in [0.5, 0.6) is 0 Å². The van der Waals surface area contributed by atoms with Crippen LogP contribution in [0.25, 0.3) is 0 Å². The van der Waals surface area contributed by atoms with E-state index in [2.05, 4.69) is 0 Å². The lowest BCUT2D eigenvalue weighted by atomic mass is 9.79. The van der Waals surface area contributed by atoms with Crippen LogP contribution in [0.15, 0.2) is 16.5 Å². The van der Waals surface area contributed by atoms with E-state index in [9.17, 15) is 9.59 Å². The van der Waals surface area contributed by atoms with Crippen molar-refractivity contribution in [3.05, 3.63) is 23.7 Å². The molecule has 1 aromatic heterocycles. The fourth-order valence-electron chi connectivity index (χ4n) is 3.97. The average Bonchev–Trinajstić information content (AvgIpc) is 3.24. The molecule has 1 aromatic rings. The van der Waals surface area contributed by atoms with Gasteiger partial charge in [0.25, 0.3) is 5.91 Å². The molecule has 2 N–H and O–H groups in total. The summed E-state index contributed by atoms with van der Waals surface area (Å²) in [5.74, 6) is -0.728. The Hall–Kier alpha value is -1.90. The van der Waals surface area contributed by atoms with Gasteiger partial charge in [0.1, 0.15) is 19.0 Å². The standard InChI is InChI=1S/C17H23NO7/c1-23-17-5-4-11(24-10-15(20)21)8-14(17)18(7-6-17)16(22)13-3-2-12(9-19)25-13/h2-3,11,14,19H,4-10H2,1H3,(H,20,21)/t11-,14+,17-/m0/s1. The fraction of sp³-hybridized carbons (Fsp3) is 0.647. The van der Waals surface area contributed by atoms with Crippen molar-refractivity contribution in [1.29, 1.82) is 0 Å². The predicted molar refractivity (Wildman–Crippen MR) is 85.0 cm³/mol. The molecule has 3 rings (SSSR count). The van der Waals surface area contributed by atoms with Gasteiger partial charge in [-0.1, -0.05) is 0 Å².